The second-order valence-electron chi connectivity index (χ2n) is 5.07. The van der Waals surface area contributed by atoms with E-state index in [1.807, 2.05) is 18.2 Å². The Labute approximate surface area is 149 Å². The van der Waals surface area contributed by atoms with Gasteiger partial charge in [0.25, 0.3) is 5.91 Å². The summed E-state index contributed by atoms with van der Waals surface area (Å²) in [5.41, 5.74) is 1.43. The van der Waals surface area contributed by atoms with Crippen molar-refractivity contribution in [2.24, 2.45) is 0 Å². The number of ether oxygens (including phenoxy) is 2. The first-order chi connectivity index (χ1) is 12.2. The van der Waals surface area contributed by atoms with Crippen molar-refractivity contribution in [3.05, 3.63) is 59.6 Å². The maximum Gasteiger partial charge on any atom is 0.264 e. The quantitative estimate of drug-likeness (QED) is 0.720. The monoisotopic (exact) mass is 358 g/mol. The largest absolute Gasteiger partial charge is 0.493 e. The molecule has 0 fully saturated rings. The molecule has 0 saturated carbocycles. The van der Waals surface area contributed by atoms with Crippen LogP contribution in [0.25, 0.3) is 11.3 Å². The van der Waals surface area contributed by atoms with E-state index in [-0.39, 0.29) is 18.4 Å². The Balaban J connectivity index is 1.59. The van der Waals surface area contributed by atoms with Gasteiger partial charge in [0.2, 0.25) is 5.88 Å². The van der Waals surface area contributed by atoms with Gasteiger partial charge in [-0.1, -0.05) is 41.0 Å². The van der Waals surface area contributed by atoms with Crippen molar-refractivity contribution in [1.29, 1.82) is 0 Å². The van der Waals surface area contributed by atoms with Gasteiger partial charge in [-0.3, -0.25) is 10.1 Å². The number of carbonyl (C=O) groups excluding carboxylic acids is 1. The summed E-state index contributed by atoms with van der Waals surface area (Å²) in [6.45, 7) is -0.183. The third-order valence-electron chi connectivity index (χ3n) is 3.34. The molecule has 0 aliphatic heterocycles. The van der Waals surface area contributed by atoms with Crippen LogP contribution in [0.4, 0.5) is 5.88 Å². The summed E-state index contributed by atoms with van der Waals surface area (Å²) in [6, 6.07) is 15.9. The maximum atomic E-state index is 12.0. The molecule has 2 aromatic carbocycles. The van der Waals surface area contributed by atoms with E-state index in [0.29, 0.717) is 22.2 Å². The van der Waals surface area contributed by atoms with Gasteiger partial charge in [0, 0.05) is 16.7 Å². The van der Waals surface area contributed by atoms with Gasteiger partial charge in [0.1, 0.15) is 5.69 Å². The standard InChI is InChI=1S/C18H15ClN2O4/c1-23-15-4-2-3-5-16(15)24-11-17(22)20-18-10-14(21-25-18)12-6-8-13(19)9-7-12/h2-10H,11H2,1H3,(H,20,22). The van der Waals surface area contributed by atoms with E-state index in [0.717, 1.165) is 5.56 Å². The zero-order chi connectivity index (χ0) is 17.6. The SMILES string of the molecule is COc1ccccc1OCC(=O)Nc1cc(-c2ccc(Cl)cc2)no1. The fourth-order valence-electron chi connectivity index (χ4n) is 2.15. The lowest BCUT2D eigenvalue weighted by molar-refractivity contribution is -0.118. The number of halogens is 1. The first kappa shape index (κ1) is 16.9. The zero-order valence-corrected chi connectivity index (χ0v) is 14.1. The fraction of sp³-hybridized carbons (Fsp3) is 0.111. The van der Waals surface area contributed by atoms with E-state index < -0.39 is 0 Å². The third-order valence-corrected chi connectivity index (χ3v) is 3.59. The number of hydrogen-bond donors (Lipinski definition) is 1. The molecule has 6 nitrogen and oxygen atoms in total. The number of carbonyl (C=O) groups is 1. The summed E-state index contributed by atoms with van der Waals surface area (Å²) >= 11 is 5.86. The van der Waals surface area contributed by atoms with Crippen LogP contribution in [-0.4, -0.2) is 24.8 Å². The lowest BCUT2D eigenvalue weighted by Crippen LogP contribution is -2.20. The Morgan fingerprint density at radius 3 is 2.60 bits per heavy atom. The van der Waals surface area contributed by atoms with Gasteiger partial charge in [-0.15, -0.1) is 0 Å². The van der Waals surface area contributed by atoms with Crippen LogP contribution in [0, 0.1) is 0 Å². The molecule has 0 unspecified atom stereocenters. The normalized spacial score (nSPS) is 10.3. The highest BCUT2D eigenvalue weighted by Crippen LogP contribution is 2.26. The van der Waals surface area contributed by atoms with Crippen LogP contribution in [0.3, 0.4) is 0 Å². The molecule has 0 bridgehead atoms. The molecule has 1 amide bonds. The molecule has 128 valence electrons. The van der Waals surface area contributed by atoms with Gasteiger partial charge in [-0.2, -0.15) is 0 Å². The number of nitrogens with one attached hydrogen (secondary N) is 1. The van der Waals surface area contributed by atoms with Crippen LogP contribution in [0.15, 0.2) is 59.1 Å². The van der Waals surface area contributed by atoms with Crippen LogP contribution in [0.2, 0.25) is 5.02 Å². The molecular formula is C18H15ClN2O4. The van der Waals surface area contributed by atoms with Crippen molar-refractivity contribution in [3.8, 4) is 22.8 Å². The molecule has 0 radical (unpaired) electrons. The summed E-state index contributed by atoms with van der Waals surface area (Å²) in [6.07, 6.45) is 0. The number of rotatable bonds is 6. The van der Waals surface area contributed by atoms with Gasteiger partial charge < -0.3 is 14.0 Å². The summed E-state index contributed by atoms with van der Waals surface area (Å²) in [5, 5.41) is 7.15. The highest BCUT2D eigenvalue weighted by atomic mass is 35.5. The fourth-order valence-corrected chi connectivity index (χ4v) is 2.27. The zero-order valence-electron chi connectivity index (χ0n) is 13.4. The number of hydrogen-bond acceptors (Lipinski definition) is 5. The van der Waals surface area contributed by atoms with E-state index in [9.17, 15) is 4.79 Å². The Morgan fingerprint density at radius 2 is 1.88 bits per heavy atom. The third kappa shape index (κ3) is 4.30. The highest BCUT2D eigenvalue weighted by molar-refractivity contribution is 6.30. The van der Waals surface area contributed by atoms with Crippen molar-refractivity contribution < 1.29 is 18.8 Å². The van der Waals surface area contributed by atoms with Crippen LogP contribution >= 0.6 is 11.6 Å². The van der Waals surface area contributed by atoms with Crippen molar-refractivity contribution in [2.45, 2.75) is 0 Å². The number of aromatic nitrogens is 1. The van der Waals surface area contributed by atoms with Gasteiger partial charge in [-0.05, 0) is 24.3 Å². The molecule has 3 aromatic rings. The average Bonchev–Trinajstić information content (AvgIpc) is 3.09. The van der Waals surface area contributed by atoms with E-state index in [1.54, 1.807) is 36.4 Å². The smallest absolute Gasteiger partial charge is 0.264 e. The topological polar surface area (TPSA) is 73.6 Å². The molecule has 1 heterocycles. The number of para-hydroxylation sites is 2. The molecule has 0 atom stereocenters. The van der Waals surface area contributed by atoms with E-state index in [4.69, 9.17) is 25.6 Å². The summed E-state index contributed by atoms with van der Waals surface area (Å²) in [5.74, 6) is 0.905. The van der Waals surface area contributed by atoms with Gasteiger partial charge in [-0.25, -0.2) is 0 Å². The first-order valence-electron chi connectivity index (χ1n) is 7.44. The molecule has 7 heteroatoms. The lowest BCUT2D eigenvalue weighted by atomic mass is 10.1. The molecular weight excluding hydrogens is 344 g/mol. The Morgan fingerprint density at radius 1 is 1.16 bits per heavy atom. The second kappa shape index (κ2) is 7.72. The molecule has 1 N–H and O–H groups in total. The number of methoxy groups -OCH3 is 1. The van der Waals surface area contributed by atoms with Crippen LogP contribution in [-0.2, 0) is 4.79 Å². The molecule has 25 heavy (non-hydrogen) atoms. The van der Waals surface area contributed by atoms with Crippen molar-refractivity contribution in [3.63, 3.8) is 0 Å². The van der Waals surface area contributed by atoms with Crippen LogP contribution in [0.5, 0.6) is 11.5 Å². The van der Waals surface area contributed by atoms with Crippen LogP contribution < -0.4 is 14.8 Å². The predicted octanol–water partition coefficient (Wildman–Crippen LogP) is 4.02. The van der Waals surface area contributed by atoms with E-state index in [1.165, 1.54) is 7.11 Å². The van der Waals surface area contributed by atoms with Crippen LogP contribution in [0.1, 0.15) is 0 Å². The molecule has 0 saturated heterocycles. The van der Waals surface area contributed by atoms with E-state index >= 15 is 0 Å². The minimum atomic E-state index is -0.371. The average molecular weight is 359 g/mol. The Hall–Kier alpha value is -2.99. The second-order valence-corrected chi connectivity index (χ2v) is 5.51. The van der Waals surface area contributed by atoms with Gasteiger partial charge >= 0.3 is 0 Å². The minimum absolute atomic E-state index is 0.183. The summed E-state index contributed by atoms with van der Waals surface area (Å²) in [4.78, 5) is 12.0. The molecule has 3 rings (SSSR count). The number of benzene rings is 2. The van der Waals surface area contributed by atoms with Gasteiger partial charge in [0.05, 0.1) is 7.11 Å². The van der Waals surface area contributed by atoms with Gasteiger partial charge in [0.15, 0.2) is 18.1 Å². The van der Waals surface area contributed by atoms with Crippen molar-refractivity contribution >= 4 is 23.4 Å². The predicted molar refractivity (Wildman–Crippen MR) is 94.1 cm³/mol. The molecule has 0 aliphatic rings. The molecule has 0 spiro atoms. The summed E-state index contributed by atoms with van der Waals surface area (Å²) < 4.78 is 15.7. The van der Waals surface area contributed by atoms with E-state index in [2.05, 4.69) is 10.5 Å². The summed E-state index contributed by atoms with van der Waals surface area (Å²) in [7, 11) is 1.54. The first-order valence-corrected chi connectivity index (χ1v) is 7.82. The molecule has 0 aliphatic carbocycles. The van der Waals surface area contributed by atoms with Crippen molar-refractivity contribution in [1.82, 2.24) is 5.16 Å². The maximum absolute atomic E-state index is 12.0. The Bertz CT molecular complexity index is 862. The van der Waals surface area contributed by atoms with Crippen molar-refractivity contribution in [2.75, 3.05) is 19.0 Å². The molecule has 1 aromatic heterocycles. The number of amides is 1. The number of nitrogens with zero attached hydrogens (tertiary/aromatic N) is 1. The highest BCUT2D eigenvalue weighted by Gasteiger charge is 2.11. The lowest BCUT2D eigenvalue weighted by Gasteiger charge is -2.09. The number of anilines is 1. The minimum Gasteiger partial charge on any atom is -0.493 e. The Kier molecular flexibility index (Phi) is 5.20.